The molecule has 0 saturated carbocycles. The van der Waals surface area contributed by atoms with Crippen molar-refractivity contribution in [2.24, 2.45) is 5.92 Å². The molecular formula is C11H12Cl2N2O4. The van der Waals surface area contributed by atoms with Crippen LogP contribution in [0, 0.1) is 16.0 Å². The van der Waals surface area contributed by atoms with Gasteiger partial charge in [0.15, 0.2) is 0 Å². The van der Waals surface area contributed by atoms with Crippen molar-refractivity contribution in [3.63, 3.8) is 0 Å². The number of carbonyl (C=O) groups is 1. The summed E-state index contributed by atoms with van der Waals surface area (Å²) in [6, 6.07) is 2.12. The highest BCUT2D eigenvalue weighted by molar-refractivity contribution is 6.44. The number of nitro benzene ring substituents is 1. The van der Waals surface area contributed by atoms with Gasteiger partial charge in [-0.2, -0.15) is 0 Å². The summed E-state index contributed by atoms with van der Waals surface area (Å²) >= 11 is 11.6. The van der Waals surface area contributed by atoms with Crippen LogP contribution in [0.25, 0.3) is 0 Å². The monoisotopic (exact) mass is 306 g/mol. The summed E-state index contributed by atoms with van der Waals surface area (Å²) in [4.78, 5) is 26.7. The fraction of sp³-hybridized carbons (Fsp3) is 0.364. The average Bonchev–Trinajstić information content (AvgIpc) is 2.31. The van der Waals surface area contributed by atoms with Crippen LogP contribution >= 0.6 is 23.2 Å². The van der Waals surface area contributed by atoms with Gasteiger partial charge < -0.3 is 0 Å². The number of nitro groups is 1. The van der Waals surface area contributed by atoms with Crippen molar-refractivity contribution in [1.29, 1.82) is 0 Å². The molecule has 0 fully saturated rings. The third kappa shape index (κ3) is 4.34. The first-order chi connectivity index (χ1) is 8.82. The van der Waals surface area contributed by atoms with E-state index in [-0.39, 0.29) is 27.2 Å². The lowest BCUT2D eigenvalue weighted by molar-refractivity contribution is -0.384. The maximum Gasteiger partial charge on any atom is 0.276 e. The van der Waals surface area contributed by atoms with E-state index in [9.17, 15) is 14.9 Å². The van der Waals surface area contributed by atoms with Gasteiger partial charge >= 0.3 is 0 Å². The van der Waals surface area contributed by atoms with Crippen LogP contribution in [0.15, 0.2) is 12.1 Å². The second-order valence-electron chi connectivity index (χ2n) is 4.18. The van der Waals surface area contributed by atoms with Gasteiger partial charge in [-0.25, -0.2) is 5.48 Å². The first kappa shape index (κ1) is 15.7. The number of nitrogens with zero attached hydrogens (tertiary/aromatic N) is 1. The largest absolute Gasteiger partial charge is 0.276 e. The third-order valence-electron chi connectivity index (χ3n) is 2.05. The molecule has 0 aliphatic heterocycles. The summed E-state index contributed by atoms with van der Waals surface area (Å²) < 4.78 is 0. The molecule has 0 atom stereocenters. The lowest BCUT2D eigenvalue weighted by Gasteiger charge is -2.09. The average molecular weight is 307 g/mol. The molecule has 0 unspecified atom stereocenters. The summed E-state index contributed by atoms with van der Waals surface area (Å²) in [5.41, 5.74) is 1.74. The molecule has 8 heteroatoms. The van der Waals surface area contributed by atoms with Crippen molar-refractivity contribution >= 4 is 34.8 Å². The Morgan fingerprint density at radius 3 is 2.63 bits per heavy atom. The summed E-state index contributed by atoms with van der Waals surface area (Å²) in [6.45, 7) is 4.12. The van der Waals surface area contributed by atoms with Gasteiger partial charge in [0.2, 0.25) is 0 Å². The first-order valence-electron chi connectivity index (χ1n) is 5.38. The lowest BCUT2D eigenvalue weighted by Crippen LogP contribution is -2.26. The number of hydroxylamine groups is 1. The number of hydrogen-bond acceptors (Lipinski definition) is 4. The highest BCUT2D eigenvalue weighted by atomic mass is 35.5. The van der Waals surface area contributed by atoms with Crippen LogP contribution in [0.3, 0.4) is 0 Å². The standard InChI is InChI=1S/C11H12Cl2N2O4/c1-6(2)5-19-14-11(16)8-3-7(15(17)18)4-9(12)10(8)13/h3-4,6H,5H2,1-2H3,(H,14,16). The number of halogens is 2. The minimum absolute atomic E-state index is 0.0575. The van der Waals surface area contributed by atoms with E-state index in [1.165, 1.54) is 0 Å². The van der Waals surface area contributed by atoms with Crippen molar-refractivity contribution in [1.82, 2.24) is 5.48 Å². The van der Waals surface area contributed by atoms with Gasteiger partial charge in [-0.1, -0.05) is 37.0 Å². The van der Waals surface area contributed by atoms with E-state index in [1.807, 2.05) is 13.8 Å². The highest BCUT2D eigenvalue weighted by Crippen LogP contribution is 2.30. The Morgan fingerprint density at radius 1 is 1.47 bits per heavy atom. The molecular weight excluding hydrogens is 295 g/mol. The van der Waals surface area contributed by atoms with Crippen LogP contribution in [0.1, 0.15) is 24.2 Å². The van der Waals surface area contributed by atoms with E-state index < -0.39 is 10.8 Å². The number of non-ortho nitro benzene ring substituents is 1. The Bertz CT molecular complexity index is 506. The molecule has 104 valence electrons. The number of rotatable bonds is 5. The van der Waals surface area contributed by atoms with E-state index in [0.29, 0.717) is 6.61 Å². The van der Waals surface area contributed by atoms with Crippen LogP contribution in [0.2, 0.25) is 10.0 Å². The normalized spacial score (nSPS) is 10.6. The summed E-state index contributed by atoms with van der Waals surface area (Å²) in [7, 11) is 0. The van der Waals surface area contributed by atoms with Crippen LogP contribution in [-0.2, 0) is 4.84 Å². The van der Waals surface area contributed by atoms with Gasteiger partial charge in [0.25, 0.3) is 11.6 Å². The summed E-state index contributed by atoms with van der Waals surface area (Å²) in [5.74, 6) is -0.458. The molecule has 1 aromatic rings. The van der Waals surface area contributed by atoms with E-state index in [1.54, 1.807) is 0 Å². The topological polar surface area (TPSA) is 81.5 Å². The van der Waals surface area contributed by atoms with Crippen molar-refractivity contribution in [2.45, 2.75) is 13.8 Å². The van der Waals surface area contributed by atoms with E-state index >= 15 is 0 Å². The molecule has 6 nitrogen and oxygen atoms in total. The molecule has 19 heavy (non-hydrogen) atoms. The minimum Gasteiger partial charge on any atom is -0.273 e. The summed E-state index contributed by atoms with van der Waals surface area (Å²) in [5, 5.41) is 10.6. The van der Waals surface area contributed by atoms with Gasteiger partial charge in [0.05, 0.1) is 27.1 Å². The Morgan fingerprint density at radius 2 is 2.11 bits per heavy atom. The SMILES string of the molecule is CC(C)CONC(=O)c1cc([N+](=O)[O-])cc(Cl)c1Cl. The Labute approximate surface area is 119 Å². The second kappa shape index (κ2) is 6.70. The number of hydrogen-bond donors (Lipinski definition) is 1. The second-order valence-corrected chi connectivity index (χ2v) is 4.97. The van der Waals surface area contributed by atoms with Gasteiger partial charge in [0, 0.05) is 12.1 Å². The maximum atomic E-state index is 11.8. The quantitative estimate of drug-likeness (QED) is 0.669. The zero-order valence-electron chi connectivity index (χ0n) is 10.3. The number of nitrogens with one attached hydrogen (secondary N) is 1. The van der Waals surface area contributed by atoms with E-state index in [0.717, 1.165) is 12.1 Å². The molecule has 1 rings (SSSR count). The zero-order valence-corrected chi connectivity index (χ0v) is 11.8. The molecule has 1 aromatic carbocycles. The molecule has 0 radical (unpaired) electrons. The van der Waals surface area contributed by atoms with Gasteiger partial charge in [-0.05, 0) is 5.92 Å². The molecule has 0 aliphatic carbocycles. The lowest BCUT2D eigenvalue weighted by atomic mass is 10.2. The fourth-order valence-corrected chi connectivity index (χ4v) is 1.58. The number of carbonyl (C=O) groups excluding carboxylic acids is 1. The van der Waals surface area contributed by atoms with Crippen LogP contribution < -0.4 is 5.48 Å². The van der Waals surface area contributed by atoms with Crippen molar-refractivity contribution in [3.05, 3.63) is 37.9 Å². The Kier molecular flexibility index (Phi) is 5.53. The van der Waals surface area contributed by atoms with Gasteiger partial charge in [-0.3, -0.25) is 19.7 Å². The zero-order chi connectivity index (χ0) is 14.6. The first-order valence-corrected chi connectivity index (χ1v) is 6.14. The Balaban J connectivity index is 2.92. The highest BCUT2D eigenvalue weighted by Gasteiger charge is 2.19. The van der Waals surface area contributed by atoms with Crippen molar-refractivity contribution in [3.8, 4) is 0 Å². The molecule has 0 aromatic heterocycles. The molecule has 0 bridgehead atoms. The van der Waals surface area contributed by atoms with E-state index in [2.05, 4.69) is 5.48 Å². The Hall–Kier alpha value is -1.37. The molecule has 1 amide bonds. The fourth-order valence-electron chi connectivity index (χ4n) is 1.17. The smallest absolute Gasteiger partial charge is 0.273 e. The van der Waals surface area contributed by atoms with Gasteiger partial charge in [0.1, 0.15) is 0 Å². The third-order valence-corrected chi connectivity index (χ3v) is 2.85. The number of amides is 1. The van der Waals surface area contributed by atoms with Crippen molar-refractivity contribution in [2.75, 3.05) is 6.61 Å². The minimum atomic E-state index is -0.684. The molecule has 0 heterocycles. The summed E-state index contributed by atoms with van der Waals surface area (Å²) in [6.07, 6.45) is 0. The van der Waals surface area contributed by atoms with Crippen molar-refractivity contribution < 1.29 is 14.6 Å². The molecule has 0 aliphatic rings. The molecule has 0 saturated heterocycles. The maximum absolute atomic E-state index is 11.8. The molecule has 1 N–H and O–H groups in total. The predicted molar refractivity (Wildman–Crippen MR) is 71.4 cm³/mol. The van der Waals surface area contributed by atoms with Crippen LogP contribution in [0.4, 0.5) is 5.69 Å². The number of benzene rings is 1. The van der Waals surface area contributed by atoms with E-state index in [4.69, 9.17) is 28.0 Å². The van der Waals surface area contributed by atoms with Gasteiger partial charge in [-0.15, -0.1) is 0 Å². The van der Waals surface area contributed by atoms with Crippen LogP contribution in [-0.4, -0.2) is 17.4 Å². The predicted octanol–water partition coefficient (Wildman–Crippen LogP) is 3.22. The van der Waals surface area contributed by atoms with Crippen LogP contribution in [0.5, 0.6) is 0 Å². The molecule has 0 spiro atoms.